The maximum absolute atomic E-state index is 12.6. The molecule has 9 nitrogen and oxygen atoms in total. The summed E-state index contributed by atoms with van der Waals surface area (Å²) >= 11 is 0. The van der Waals surface area contributed by atoms with Crippen LogP contribution in [0.5, 0.6) is 0 Å². The molecule has 0 atom stereocenters. The molecule has 148 valence electrons. The number of aryl methyl sites for hydroxylation is 1. The normalized spacial score (nSPS) is 10.4. The summed E-state index contributed by atoms with van der Waals surface area (Å²) in [6, 6.07) is 14.5. The second kappa shape index (κ2) is 8.34. The number of amides is 2. The van der Waals surface area contributed by atoms with Crippen LogP contribution in [0, 0.1) is 17.0 Å². The van der Waals surface area contributed by atoms with Crippen LogP contribution in [-0.4, -0.2) is 26.5 Å². The van der Waals surface area contributed by atoms with Crippen LogP contribution < -0.4 is 10.6 Å². The van der Waals surface area contributed by atoms with Gasteiger partial charge < -0.3 is 10.6 Å². The number of nitrogens with zero attached hydrogens (tertiary/aromatic N) is 3. The fourth-order valence-corrected chi connectivity index (χ4v) is 2.69. The Kier molecular flexibility index (Phi) is 5.68. The Morgan fingerprint density at radius 2 is 1.76 bits per heavy atom. The number of rotatable bonds is 6. The molecule has 9 heteroatoms. The summed E-state index contributed by atoms with van der Waals surface area (Å²) in [4.78, 5) is 33.9. The third kappa shape index (κ3) is 4.83. The molecule has 0 aliphatic heterocycles. The van der Waals surface area contributed by atoms with Gasteiger partial charge in [-0.15, -0.1) is 0 Å². The lowest BCUT2D eigenvalue weighted by Crippen LogP contribution is -2.19. The quantitative estimate of drug-likeness (QED) is 0.493. The highest BCUT2D eigenvalue weighted by atomic mass is 16.6. The number of non-ortho nitro benzene ring substituents is 1. The van der Waals surface area contributed by atoms with Gasteiger partial charge in [0.2, 0.25) is 5.91 Å². The zero-order chi connectivity index (χ0) is 21.0. The fourth-order valence-electron chi connectivity index (χ4n) is 2.69. The maximum Gasteiger partial charge on any atom is 0.269 e. The molecule has 0 bridgehead atoms. The first kappa shape index (κ1) is 19.7. The van der Waals surface area contributed by atoms with Gasteiger partial charge in [0.15, 0.2) is 0 Å². The van der Waals surface area contributed by atoms with Gasteiger partial charge in [0.25, 0.3) is 11.6 Å². The van der Waals surface area contributed by atoms with Gasteiger partial charge in [-0.3, -0.25) is 19.7 Å². The molecule has 0 spiro atoms. The maximum atomic E-state index is 12.6. The zero-order valence-corrected chi connectivity index (χ0v) is 15.9. The van der Waals surface area contributed by atoms with E-state index in [-0.39, 0.29) is 17.5 Å². The molecule has 0 aliphatic rings. The summed E-state index contributed by atoms with van der Waals surface area (Å²) in [6.45, 7) is 3.62. The molecule has 3 aromatic rings. The molecule has 0 aliphatic carbocycles. The lowest BCUT2D eigenvalue weighted by molar-refractivity contribution is -0.384. The molecule has 0 fully saturated rings. The van der Waals surface area contributed by atoms with E-state index < -0.39 is 4.92 Å². The van der Waals surface area contributed by atoms with Crippen LogP contribution in [0.15, 0.2) is 54.6 Å². The summed E-state index contributed by atoms with van der Waals surface area (Å²) in [6.07, 6.45) is 0. The number of benzene rings is 2. The van der Waals surface area contributed by atoms with Crippen molar-refractivity contribution < 1.29 is 14.5 Å². The summed E-state index contributed by atoms with van der Waals surface area (Å²) in [5.41, 5.74) is 2.57. The summed E-state index contributed by atoms with van der Waals surface area (Å²) < 4.78 is 1.52. The molecule has 2 N–H and O–H groups in total. The smallest absolute Gasteiger partial charge is 0.269 e. The molecular weight excluding hydrogens is 374 g/mol. The van der Waals surface area contributed by atoms with E-state index in [4.69, 9.17) is 0 Å². The van der Waals surface area contributed by atoms with Crippen molar-refractivity contribution in [2.45, 2.75) is 20.4 Å². The van der Waals surface area contributed by atoms with Gasteiger partial charge in [0.05, 0.1) is 16.3 Å². The van der Waals surface area contributed by atoms with Crippen LogP contribution in [0.2, 0.25) is 0 Å². The first-order valence-corrected chi connectivity index (χ1v) is 8.80. The number of carbonyl (C=O) groups excluding carboxylic acids is 2. The third-order valence-electron chi connectivity index (χ3n) is 4.14. The Morgan fingerprint density at radius 1 is 1.10 bits per heavy atom. The number of anilines is 1. The molecule has 2 aromatic carbocycles. The minimum Gasteiger partial charge on any atom is -0.352 e. The number of nitrogens with one attached hydrogen (secondary N) is 2. The van der Waals surface area contributed by atoms with E-state index in [0.29, 0.717) is 29.3 Å². The third-order valence-corrected chi connectivity index (χ3v) is 4.14. The SMILES string of the molecule is CC(=O)NCc1ccc(C(=O)Nc2cc(C)nn2-c2ccc([N+](=O)[O-])cc2)cc1. The van der Waals surface area contributed by atoms with Crippen LogP contribution in [0.25, 0.3) is 5.69 Å². The van der Waals surface area contributed by atoms with E-state index in [0.717, 1.165) is 5.56 Å². The highest BCUT2D eigenvalue weighted by Crippen LogP contribution is 2.20. The average molecular weight is 393 g/mol. The van der Waals surface area contributed by atoms with E-state index in [2.05, 4.69) is 15.7 Å². The van der Waals surface area contributed by atoms with Crippen molar-refractivity contribution in [1.29, 1.82) is 0 Å². The Labute approximate surface area is 166 Å². The number of nitro groups is 1. The molecule has 0 unspecified atom stereocenters. The number of hydrogen-bond acceptors (Lipinski definition) is 5. The van der Waals surface area contributed by atoms with Crippen LogP contribution in [-0.2, 0) is 11.3 Å². The summed E-state index contributed by atoms with van der Waals surface area (Å²) in [5.74, 6) is 0.00418. The van der Waals surface area contributed by atoms with Crippen molar-refractivity contribution >= 4 is 23.3 Å². The Morgan fingerprint density at radius 3 is 2.34 bits per heavy atom. The van der Waals surface area contributed by atoms with Gasteiger partial charge in [-0.1, -0.05) is 12.1 Å². The first-order valence-electron chi connectivity index (χ1n) is 8.80. The van der Waals surface area contributed by atoms with Gasteiger partial charge in [0, 0.05) is 37.2 Å². The Bertz CT molecular complexity index is 1060. The topological polar surface area (TPSA) is 119 Å². The summed E-state index contributed by atoms with van der Waals surface area (Å²) in [7, 11) is 0. The van der Waals surface area contributed by atoms with Gasteiger partial charge >= 0.3 is 0 Å². The molecule has 3 rings (SSSR count). The van der Waals surface area contributed by atoms with Crippen molar-refractivity contribution in [3.05, 3.63) is 81.5 Å². The number of nitro benzene ring substituents is 1. The standard InChI is InChI=1S/C20H19N5O4/c1-13-11-19(24(23-13)17-7-9-18(10-8-17)25(28)29)22-20(27)16-5-3-15(4-6-16)12-21-14(2)26/h3-11H,12H2,1-2H3,(H,21,26)(H,22,27). The van der Waals surface area contributed by atoms with Gasteiger partial charge in [-0.25, -0.2) is 4.68 Å². The second-order valence-electron chi connectivity index (χ2n) is 6.42. The first-order chi connectivity index (χ1) is 13.8. The van der Waals surface area contributed by atoms with Crippen molar-refractivity contribution in [1.82, 2.24) is 15.1 Å². The van der Waals surface area contributed by atoms with Crippen LogP contribution in [0.1, 0.15) is 28.5 Å². The van der Waals surface area contributed by atoms with E-state index in [9.17, 15) is 19.7 Å². The van der Waals surface area contributed by atoms with E-state index in [1.807, 2.05) is 0 Å². The largest absolute Gasteiger partial charge is 0.352 e. The monoisotopic (exact) mass is 393 g/mol. The molecule has 0 saturated carbocycles. The molecule has 2 amide bonds. The van der Waals surface area contributed by atoms with Crippen molar-refractivity contribution in [2.75, 3.05) is 5.32 Å². The molecular formula is C20H19N5O4. The van der Waals surface area contributed by atoms with Crippen molar-refractivity contribution in [3.63, 3.8) is 0 Å². The van der Waals surface area contributed by atoms with E-state index in [1.165, 1.54) is 23.7 Å². The Balaban J connectivity index is 1.77. The lowest BCUT2D eigenvalue weighted by Gasteiger charge is -2.09. The zero-order valence-electron chi connectivity index (χ0n) is 15.9. The molecule has 29 heavy (non-hydrogen) atoms. The summed E-state index contributed by atoms with van der Waals surface area (Å²) in [5, 5.41) is 20.7. The van der Waals surface area contributed by atoms with Crippen molar-refractivity contribution in [3.8, 4) is 5.69 Å². The molecule has 0 saturated heterocycles. The Hall–Kier alpha value is -4.01. The number of aromatic nitrogens is 2. The minimum atomic E-state index is -0.476. The predicted molar refractivity (Wildman–Crippen MR) is 107 cm³/mol. The fraction of sp³-hybridized carbons (Fsp3) is 0.150. The molecule has 1 heterocycles. The van der Waals surface area contributed by atoms with Gasteiger partial charge in [0.1, 0.15) is 5.82 Å². The number of carbonyl (C=O) groups is 2. The van der Waals surface area contributed by atoms with Crippen LogP contribution in [0.3, 0.4) is 0 Å². The van der Waals surface area contributed by atoms with E-state index >= 15 is 0 Å². The minimum absolute atomic E-state index is 0.0254. The second-order valence-corrected chi connectivity index (χ2v) is 6.42. The van der Waals surface area contributed by atoms with Crippen LogP contribution >= 0.6 is 0 Å². The van der Waals surface area contributed by atoms with Crippen LogP contribution in [0.4, 0.5) is 11.5 Å². The highest BCUT2D eigenvalue weighted by Gasteiger charge is 2.14. The number of hydrogen-bond donors (Lipinski definition) is 2. The van der Waals surface area contributed by atoms with Gasteiger partial charge in [-0.05, 0) is 36.8 Å². The molecule has 1 aromatic heterocycles. The average Bonchev–Trinajstić information content (AvgIpc) is 3.06. The lowest BCUT2D eigenvalue weighted by atomic mass is 10.1. The highest BCUT2D eigenvalue weighted by molar-refractivity contribution is 6.04. The van der Waals surface area contributed by atoms with Gasteiger partial charge in [-0.2, -0.15) is 5.10 Å². The predicted octanol–water partition coefficient (Wildman–Crippen LogP) is 2.98. The van der Waals surface area contributed by atoms with E-state index in [1.54, 1.807) is 49.4 Å². The molecule has 0 radical (unpaired) electrons. The van der Waals surface area contributed by atoms with Crippen molar-refractivity contribution in [2.24, 2.45) is 0 Å².